The number of benzene rings is 2. The van der Waals surface area contributed by atoms with Gasteiger partial charge in [-0.1, -0.05) is 53.6 Å². The second kappa shape index (κ2) is 11.7. The molecule has 228 valence electrons. The SMILES string of the molecule is CC(C)(C)N1CCC(n2cc([C@@H](Nc3cc(Cl)cc4c(NC5CC6CCC5C6)c(C#N)cnc34)c3ccccc3)nn2)CC1. The van der Waals surface area contributed by atoms with E-state index in [1.165, 1.54) is 19.3 Å². The fourth-order valence-electron chi connectivity index (χ4n) is 7.76. The van der Waals surface area contributed by atoms with Crippen molar-refractivity contribution in [2.75, 3.05) is 23.7 Å². The Balaban J connectivity index is 1.22. The van der Waals surface area contributed by atoms with Crippen LogP contribution in [0.1, 0.15) is 88.2 Å². The maximum Gasteiger partial charge on any atom is 0.109 e. The van der Waals surface area contributed by atoms with E-state index in [-0.39, 0.29) is 11.6 Å². The van der Waals surface area contributed by atoms with E-state index in [0.29, 0.717) is 28.6 Å². The predicted molar refractivity (Wildman–Crippen MR) is 176 cm³/mol. The quantitative estimate of drug-likeness (QED) is 0.223. The number of pyridine rings is 1. The number of anilines is 2. The van der Waals surface area contributed by atoms with Gasteiger partial charge >= 0.3 is 0 Å². The highest BCUT2D eigenvalue weighted by Gasteiger charge is 2.40. The zero-order valence-electron chi connectivity index (χ0n) is 25.8. The highest BCUT2D eigenvalue weighted by molar-refractivity contribution is 6.32. The summed E-state index contributed by atoms with van der Waals surface area (Å²) in [6, 6.07) is 17.0. The molecule has 0 amide bonds. The van der Waals surface area contributed by atoms with Crippen LogP contribution in [-0.2, 0) is 0 Å². The molecule has 3 unspecified atom stereocenters. The van der Waals surface area contributed by atoms with Crippen LogP contribution in [0.15, 0.2) is 54.9 Å². The fraction of sp³-hybridized carbons (Fsp3) is 0.486. The molecule has 2 aliphatic carbocycles. The van der Waals surface area contributed by atoms with E-state index in [2.05, 4.69) is 70.6 Å². The van der Waals surface area contributed by atoms with Gasteiger partial charge in [0.15, 0.2) is 0 Å². The summed E-state index contributed by atoms with van der Waals surface area (Å²) in [5.41, 5.74) is 5.06. The van der Waals surface area contributed by atoms with Crippen molar-refractivity contribution in [2.24, 2.45) is 11.8 Å². The summed E-state index contributed by atoms with van der Waals surface area (Å²) < 4.78 is 2.05. The molecule has 3 fully saturated rings. The minimum Gasteiger partial charge on any atom is -0.380 e. The van der Waals surface area contributed by atoms with E-state index in [9.17, 15) is 5.26 Å². The topological polar surface area (TPSA) is 94.7 Å². The first-order valence-electron chi connectivity index (χ1n) is 16.0. The maximum absolute atomic E-state index is 10.0. The number of hydrogen-bond donors (Lipinski definition) is 2. The molecule has 2 N–H and O–H groups in total. The second-order valence-electron chi connectivity index (χ2n) is 13.9. The van der Waals surface area contributed by atoms with Crippen LogP contribution in [0.25, 0.3) is 10.9 Å². The van der Waals surface area contributed by atoms with Crippen LogP contribution >= 0.6 is 11.6 Å². The van der Waals surface area contributed by atoms with E-state index < -0.39 is 0 Å². The van der Waals surface area contributed by atoms with Crippen molar-refractivity contribution in [3.05, 3.63) is 76.7 Å². The molecule has 8 nitrogen and oxygen atoms in total. The third-order valence-corrected chi connectivity index (χ3v) is 10.4. The van der Waals surface area contributed by atoms with Crippen molar-refractivity contribution in [1.82, 2.24) is 24.9 Å². The normalized spacial score (nSPS) is 23.1. The molecular weight excluding hydrogens is 568 g/mol. The van der Waals surface area contributed by atoms with Crippen molar-refractivity contribution < 1.29 is 0 Å². The lowest BCUT2D eigenvalue weighted by atomic mass is 9.94. The van der Waals surface area contributed by atoms with Gasteiger partial charge in [0, 0.05) is 41.3 Å². The summed E-state index contributed by atoms with van der Waals surface area (Å²) in [4.78, 5) is 7.34. The van der Waals surface area contributed by atoms with Crippen LogP contribution in [0.4, 0.5) is 11.4 Å². The number of hydrogen-bond acceptors (Lipinski definition) is 7. The maximum atomic E-state index is 10.0. The lowest BCUT2D eigenvalue weighted by Gasteiger charge is -2.40. The van der Waals surface area contributed by atoms with Crippen LogP contribution in [0.2, 0.25) is 5.02 Å². The van der Waals surface area contributed by atoms with Gasteiger partial charge in [0.2, 0.25) is 0 Å². The number of halogens is 1. The fourth-order valence-corrected chi connectivity index (χ4v) is 7.97. The first kappa shape index (κ1) is 29.1. The van der Waals surface area contributed by atoms with E-state index in [0.717, 1.165) is 71.8 Å². The van der Waals surface area contributed by atoms with Crippen LogP contribution in [0.3, 0.4) is 0 Å². The first-order chi connectivity index (χ1) is 21.3. The number of nitriles is 1. The number of piperidine rings is 1. The van der Waals surface area contributed by atoms with Crippen molar-refractivity contribution in [3.8, 4) is 6.07 Å². The number of aromatic nitrogens is 4. The molecule has 1 aliphatic heterocycles. The van der Waals surface area contributed by atoms with E-state index >= 15 is 0 Å². The lowest BCUT2D eigenvalue weighted by Crippen LogP contribution is -2.46. The Labute approximate surface area is 264 Å². The monoisotopic (exact) mass is 608 g/mol. The van der Waals surface area contributed by atoms with Gasteiger partial charge in [-0.3, -0.25) is 9.88 Å². The Hall–Kier alpha value is -3.67. The van der Waals surface area contributed by atoms with Gasteiger partial charge in [0.05, 0.1) is 40.7 Å². The summed E-state index contributed by atoms with van der Waals surface area (Å²) >= 11 is 6.78. The zero-order chi connectivity index (χ0) is 30.4. The minimum atomic E-state index is -0.263. The van der Waals surface area contributed by atoms with Crippen LogP contribution in [0, 0.1) is 23.2 Å². The Kier molecular flexibility index (Phi) is 7.72. The van der Waals surface area contributed by atoms with Gasteiger partial charge in [0.25, 0.3) is 0 Å². The van der Waals surface area contributed by atoms with Gasteiger partial charge < -0.3 is 10.6 Å². The molecule has 44 heavy (non-hydrogen) atoms. The molecule has 7 rings (SSSR count). The first-order valence-corrected chi connectivity index (χ1v) is 16.4. The summed E-state index contributed by atoms with van der Waals surface area (Å²) in [5.74, 6) is 1.46. The van der Waals surface area contributed by atoms with E-state index in [4.69, 9.17) is 21.7 Å². The Morgan fingerprint density at radius 2 is 1.84 bits per heavy atom. The summed E-state index contributed by atoms with van der Waals surface area (Å²) in [7, 11) is 0. The number of likely N-dealkylation sites (tertiary alicyclic amines) is 1. The summed E-state index contributed by atoms with van der Waals surface area (Å²) in [6.45, 7) is 8.94. The molecule has 1 saturated heterocycles. The third kappa shape index (κ3) is 5.64. The Morgan fingerprint density at radius 3 is 2.52 bits per heavy atom. The third-order valence-electron chi connectivity index (χ3n) is 10.2. The van der Waals surface area contributed by atoms with Crippen molar-refractivity contribution >= 4 is 33.9 Å². The van der Waals surface area contributed by atoms with E-state index in [1.807, 2.05) is 30.3 Å². The molecule has 2 aromatic heterocycles. The molecule has 2 saturated carbocycles. The molecule has 4 atom stereocenters. The summed E-state index contributed by atoms with van der Waals surface area (Å²) in [6.07, 6.45) is 10.9. The van der Waals surface area contributed by atoms with Gasteiger partial charge in [-0.05, 0) is 82.4 Å². The highest BCUT2D eigenvalue weighted by atomic mass is 35.5. The number of fused-ring (bicyclic) bond motifs is 3. The minimum absolute atomic E-state index is 0.175. The Morgan fingerprint density at radius 1 is 1.05 bits per heavy atom. The van der Waals surface area contributed by atoms with Crippen molar-refractivity contribution in [2.45, 2.75) is 83.0 Å². The van der Waals surface area contributed by atoms with Crippen molar-refractivity contribution in [1.29, 1.82) is 5.26 Å². The van der Waals surface area contributed by atoms with Gasteiger partial charge in [-0.25, -0.2) is 4.68 Å². The average molecular weight is 609 g/mol. The summed E-state index contributed by atoms with van der Waals surface area (Å²) in [5, 5.41) is 28.3. The molecule has 4 aromatic rings. The van der Waals surface area contributed by atoms with Crippen LogP contribution in [0.5, 0.6) is 0 Å². The van der Waals surface area contributed by atoms with Gasteiger partial charge in [-0.15, -0.1) is 5.10 Å². The molecule has 0 radical (unpaired) electrons. The number of nitrogens with zero attached hydrogens (tertiary/aromatic N) is 6. The smallest absolute Gasteiger partial charge is 0.109 e. The number of rotatable bonds is 7. The Bertz CT molecular complexity index is 1680. The van der Waals surface area contributed by atoms with Crippen LogP contribution < -0.4 is 10.6 Å². The lowest BCUT2D eigenvalue weighted by molar-refractivity contribution is 0.0866. The van der Waals surface area contributed by atoms with Gasteiger partial charge in [-0.2, -0.15) is 5.26 Å². The predicted octanol–water partition coefficient (Wildman–Crippen LogP) is 7.59. The zero-order valence-corrected chi connectivity index (χ0v) is 26.6. The van der Waals surface area contributed by atoms with Crippen molar-refractivity contribution in [3.63, 3.8) is 0 Å². The average Bonchev–Trinajstić information content (AvgIpc) is 3.78. The largest absolute Gasteiger partial charge is 0.380 e. The molecular formula is C35H41ClN8. The van der Waals surface area contributed by atoms with Crippen LogP contribution in [-0.4, -0.2) is 49.5 Å². The highest BCUT2D eigenvalue weighted by Crippen LogP contribution is 2.47. The second-order valence-corrected chi connectivity index (χ2v) is 14.4. The van der Waals surface area contributed by atoms with E-state index in [1.54, 1.807) is 6.20 Å². The molecule has 0 spiro atoms. The molecule has 2 aromatic carbocycles. The molecule has 9 heteroatoms. The van der Waals surface area contributed by atoms with Gasteiger partial charge in [0.1, 0.15) is 11.8 Å². The standard InChI is InChI=1S/C35H41ClN8/c1-35(2,3)43-13-11-27(12-14-43)44-21-31(41-42-44)33(23-7-5-4-6-8-23)40-30-18-26(36)17-28-32(25(19-37)20-38-34(28)30)39-29-16-22-9-10-24(29)15-22/h4-8,17-18,20-22,24,27,29,33,40H,9-16H2,1-3H3,(H,38,39)/t22?,24?,29?,33-/m0/s1. The number of nitrogens with one attached hydrogen (secondary N) is 2. The molecule has 3 heterocycles. The molecule has 3 aliphatic rings. The molecule has 2 bridgehead atoms.